The number of cyclic esters (lactones) is 1. The molecule has 0 saturated carbocycles. The molecule has 0 unspecified atom stereocenters. The Labute approximate surface area is 142 Å². The van der Waals surface area contributed by atoms with Gasteiger partial charge in [0.25, 0.3) is 0 Å². The number of aliphatic hydroxyl groups is 3. The zero-order valence-electron chi connectivity index (χ0n) is 13.9. The number of aliphatic hydroxyl groups excluding tert-OH is 3. The van der Waals surface area contributed by atoms with Gasteiger partial charge in [0.2, 0.25) is 0 Å². The van der Waals surface area contributed by atoms with Gasteiger partial charge in [-0.1, -0.05) is 31.8 Å². The van der Waals surface area contributed by atoms with Crippen molar-refractivity contribution >= 4 is 11.9 Å². The van der Waals surface area contributed by atoms with Crippen molar-refractivity contribution in [2.45, 2.75) is 75.8 Å². The molecule has 24 heavy (non-hydrogen) atoms. The number of esters is 2. The van der Waals surface area contributed by atoms with Crippen LogP contribution in [-0.2, 0) is 19.1 Å². The maximum Gasteiger partial charge on any atom is 0.338 e. The van der Waals surface area contributed by atoms with E-state index in [2.05, 4.69) is 11.3 Å². The summed E-state index contributed by atoms with van der Waals surface area (Å²) in [5.74, 6) is -1.44. The number of hydrogen-bond acceptors (Lipinski definition) is 7. The van der Waals surface area contributed by atoms with E-state index in [0.717, 1.165) is 44.9 Å². The largest absolute Gasteiger partial charge is 0.463 e. The van der Waals surface area contributed by atoms with Crippen LogP contribution in [0.15, 0.2) is 12.7 Å². The summed E-state index contributed by atoms with van der Waals surface area (Å²) in [4.78, 5) is 22.6. The standard InChI is InChI=1S/C17H28O7/c1-2-3-4-5-6-7-8-9-10-13(19)23-11-12(18)16-14(20)15(21)17(22)24-16/h2,12,14-16,18,20-21H,1,3-11H2/t12-,14+,15+,16-/m1/s1. The fraction of sp³-hybridized carbons (Fsp3) is 0.765. The molecule has 3 N–H and O–H groups in total. The van der Waals surface area contributed by atoms with Crippen LogP contribution in [-0.4, -0.2) is 58.3 Å². The summed E-state index contributed by atoms with van der Waals surface area (Å²) in [5.41, 5.74) is 0. The summed E-state index contributed by atoms with van der Waals surface area (Å²) < 4.78 is 9.56. The van der Waals surface area contributed by atoms with E-state index in [9.17, 15) is 24.9 Å². The van der Waals surface area contributed by atoms with Crippen molar-refractivity contribution in [2.24, 2.45) is 0 Å². The highest BCUT2D eigenvalue weighted by molar-refractivity contribution is 5.77. The van der Waals surface area contributed by atoms with Crippen LogP contribution in [0.25, 0.3) is 0 Å². The first kappa shape index (κ1) is 20.6. The molecular weight excluding hydrogens is 316 g/mol. The molecule has 1 heterocycles. The Kier molecular flexibility index (Phi) is 9.59. The average molecular weight is 344 g/mol. The fourth-order valence-corrected chi connectivity index (χ4v) is 2.51. The highest BCUT2D eigenvalue weighted by Gasteiger charge is 2.46. The molecule has 1 aliphatic rings. The molecule has 4 atom stereocenters. The summed E-state index contributed by atoms with van der Waals surface area (Å²) >= 11 is 0. The lowest BCUT2D eigenvalue weighted by Crippen LogP contribution is -2.41. The molecule has 0 bridgehead atoms. The first-order valence-corrected chi connectivity index (χ1v) is 8.48. The smallest absolute Gasteiger partial charge is 0.338 e. The molecule has 7 nitrogen and oxygen atoms in total. The molecule has 0 aliphatic carbocycles. The maximum absolute atomic E-state index is 11.6. The summed E-state index contributed by atoms with van der Waals surface area (Å²) in [6.45, 7) is 3.29. The summed E-state index contributed by atoms with van der Waals surface area (Å²) in [6, 6.07) is 0. The second-order valence-corrected chi connectivity index (χ2v) is 6.04. The highest BCUT2D eigenvalue weighted by Crippen LogP contribution is 2.19. The lowest BCUT2D eigenvalue weighted by atomic mass is 10.1. The van der Waals surface area contributed by atoms with Crippen LogP contribution in [0.2, 0.25) is 0 Å². The second kappa shape index (κ2) is 11.2. The van der Waals surface area contributed by atoms with Crippen LogP contribution < -0.4 is 0 Å². The normalized spacial score (nSPS) is 24.5. The van der Waals surface area contributed by atoms with Crippen LogP contribution in [0.3, 0.4) is 0 Å². The quantitative estimate of drug-likeness (QED) is 0.273. The minimum Gasteiger partial charge on any atom is -0.463 e. The number of hydrogen-bond donors (Lipinski definition) is 3. The van der Waals surface area contributed by atoms with Crippen molar-refractivity contribution < 1.29 is 34.4 Å². The third kappa shape index (κ3) is 6.98. The Morgan fingerprint density at radius 2 is 1.83 bits per heavy atom. The van der Waals surface area contributed by atoms with Gasteiger partial charge in [0, 0.05) is 6.42 Å². The summed E-state index contributed by atoms with van der Waals surface area (Å²) in [5, 5.41) is 28.6. The fourth-order valence-electron chi connectivity index (χ4n) is 2.51. The maximum atomic E-state index is 11.6. The predicted octanol–water partition coefficient (Wildman–Crippen LogP) is 0.844. The van der Waals surface area contributed by atoms with Gasteiger partial charge in [-0.3, -0.25) is 4.79 Å². The lowest BCUT2D eigenvalue weighted by Gasteiger charge is -2.19. The molecule has 0 amide bonds. The molecule has 0 aromatic heterocycles. The van der Waals surface area contributed by atoms with Crippen molar-refractivity contribution in [3.8, 4) is 0 Å². The van der Waals surface area contributed by atoms with Crippen molar-refractivity contribution in [3.63, 3.8) is 0 Å². The molecule has 7 heteroatoms. The number of carbonyl (C=O) groups is 2. The monoisotopic (exact) mass is 344 g/mol. The van der Waals surface area contributed by atoms with Gasteiger partial charge in [-0.15, -0.1) is 6.58 Å². The van der Waals surface area contributed by atoms with E-state index in [-0.39, 0.29) is 13.0 Å². The zero-order chi connectivity index (χ0) is 17.9. The Morgan fingerprint density at radius 1 is 1.21 bits per heavy atom. The van der Waals surface area contributed by atoms with E-state index in [1.54, 1.807) is 0 Å². The minimum absolute atomic E-state index is 0.259. The minimum atomic E-state index is -1.67. The number of carbonyl (C=O) groups excluding carboxylic acids is 2. The first-order valence-electron chi connectivity index (χ1n) is 8.48. The van der Waals surface area contributed by atoms with E-state index in [0.29, 0.717) is 0 Å². The highest BCUT2D eigenvalue weighted by atomic mass is 16.6. The molecule has 0 aromatic carbocycles. The van der Waals surface area contributed by atoms with E-state index >= 15 is 0 Å². The summed E-state index contributed by atoms with van der Waals surface area (Å²) in [6.07, 6.45) is 3.54. The molecule has 1 saturated heterocycles. The third-order valence-corrected chi connectivity index (χ3v) is 3.99. The van der Waals surface area contributed by atoms with E-state index in [1.165, 1.54) is 0 Å². The van der Waals surface area contributed by atoms with Gasteiger partial charge in [0.05, 0.1) is 0 Å². The topological polar surface area (TPSA) is 113 Å². The molecular formula is C17H28O7. The Balaban J connectivity index is 2.07. The van der Waals surface area contributed by atoms with Crippen molar-refractivity contribution in [3.05, 3.63) is 12.7 Å². The van der Waals surface area contributed by atoms with Crippen LogP contribution in [0.5, 0.6) is 0 Å². The Bertz CT molecular complexity index is 410. The molecule has 1 fully saturated rings. The lowest BCUT2D eigenvalue weighted by molar-refractivity contribution is -0.156. The van der Waals surface area contributed by atoms with E-state index in [4.69, 9.17) is 4.74 Å². The molecule has 138 valence electrons. The number of rotatable bonds is 12. The van der Waals surface area contributed by atoms with E-state index < -0.39 is 36.4 Å². The molecule has 1 aliphatic heterocycles. The zero-order valence-corrected chi connectivity index (χ0v) is 13.9. The van der Waals surface area contributed by atoms with Crippen molar-refractivity contribution in [1.29, 1.82) is 0 Å². The van der Waals surface area contributed by atoms with Gasteiger partial charge >= 0.3 is 11.9 Å². The molecule has 1 rings (SSSR count). The average Bonchev–Trinajstić information content (AvgIpc) is 2.82. The van der Waals surface area contributed by atoms with Gasteiger partial charge < -0.3 is 24.8 Å². The van der Waals surface area contributed by atoms with Crippen LogP contribution in [0, 0.1) is 0 Å². The number of allylic oxidation sites excluding steroid dienone is 1. The van der Waals surface area contributed by atoms with Gasteiger partial charge in [-0.2, -0.15) is 0 Å². The van der Waals surface area contributed by atoms with Crippen molar-refractivity contribution in [1.82, 2.24) is 0 Å². The molecule has 0 aromatic rings. The van der Waals surface area contributed by atoms with E-state index in [1.807, 2.05) is 6.08 Å². The number of unbranched alkanes of at least 4 members (excludes halogenated alkanes) is 6. The van der Waals surface area contributed by atoms with Crippen LogP contribution in [0.4, 0.5) is 0 Å². The van der Waals surface area contributed by atoms with Gasteiger partial charge in [-0.05, 0) is 19.3 Å². The Morgan fingerprint density at radius 3 is 2.42 bits per heavy atom. The van der Waals surface area contributed by atoms with Crippen molar-refractivity contribution in [2.75, 3.05) is 6.61 Å². The van der Waals surface area contributed by atoms with Crippen LogP contribution >= 0.6 is 0 Å². The van der Waals surface area contributed by atoms with Gasteiger partial charge in [0.1, 0.15) is 18.8 Å². The van der Waals surface area contributed by atoms with Crippen LogP contribution in [0.1, 0.15) is 51.4 Å². The molecule has 0 spiro atoms. The summed E-state index contributed by atoms with van der Waals surface area (Å²) in [7, 11) is 0. The third-order valence-electron chi connectivity index (χ3n) is 3.99. The second-order valence-electron chi connectivity index (χ2n) is 6.04. The number of ether oxygens (including phenoxy) is 2. The van der Waals surface area contributed by atoms with Gasteiger partial charge in [-0.25, -0.2) is 4.79 Å². The molecule has 0 radical (unpaired) electrons. The SMILES string of the molecule is C=CCCCCCCCCC(=O)OC[C@@H](O)[C@H]1OC(=O)[C@@H](O)[C@@H]1O. The predicted molar refractivity (Wildman–Crippen MR) is 86.0 cm³/mol. The first-order chi connectivity index (χ1) is 11.5. The van der Waals surface area contributed by atoms with Gasteiger partial charge in [0.15, 0.2) is 12.2 Å². The Hall–Kier alpha value is -1.44.